The molecule has 0 bridgehead atoms. The van der Waals surface area contributed by atoms with E-state index in [1.807, 2.05) is 30.3 Å². The molecule has 98 valence electrons. The molecule has 0 aliphatic carbocycles. The Balaban J connectivity index is 1.85. The van der Waals surface area contributed by atoms with Gasteiger partial charge in [0.25, 0.3) is 0 Å². The van der Waals surface area contributed by atoms with Crippen LogP contribution in [0.3, 0.4) is 0 Å². The van der Waals surface area contributed by atoms with E-state index in [0.717, 1.165) is 13.1 Å². The molecule has 0 amide bonds. The van der Waals surface area contributed by atoms with Crippen molar-refractivity contribution >= 4 is 11.3 Å². The summed E-state index contributed by atoms with van der Waals surface area (Å²) in [6.45, 7) is 8.29. The van der Waals surface area contributed by atoms with E-state index < -0.39 is 0 Å². The third kappa shape index (κ3) is 3.40. The molecule has 0 saturated carbocycles. The molecule has 2 heterocycles. The summed E-state index contributed by atoms with van der Waals surface area (Å²) in [7, 11) is 1.93. The fraction of sp³-hybridized carbons (Fsp3) is 0.538. The van der Waals surface area contributed by atoms with Crippen molar-refractivity contribution in [3.63, 3.8) is 0 Å². The van der Waals surface area contributed by atoms with E-state index in [1.54, 1.807) is 11.3 Å². The molecular formula is C13H20N4S. The molecule has 5 heteroatoms. The van der Waals surface area contributed by atoms with Gasteiger partial charge in [-0.15, -0.1) is 11.3 Å². The average Bonchev–Trinajstić information content (AvgIpc) is 2.87. The van der Waals surface area contributed by atoms with Crippen molar-refractivity contribution in [1.29, 1.82) is 0 Å². The molecule has 0 aliphatic rings. The summed E-state index contributed by atoms with van der Waals surface area (Å²) in [6, 6.07) is 0. The number of rotatable bonds is 4. The van der Waals surface area contributed by atoms with Gasteiger partial charge < -0.3 is 5.32 Å². The molecule has 0 fully saturated rings. The molecule has 0 radical (unpaired) electrons. The lowest BCUT2D eigenvalue weighted by molar-refractivity contribution is 0.585. The third-order valence-corrected chi connectivity index (χ3v) is 4.00. The molecule has 4 nitrogen and oxygen atoms in total. The second-order valence-electron chi connectivity index (χ2n) is 5.51. The molecule has 18 heavy (non-hydrogen) atoms. The summed E-state index contributed by atoms with van der Waals surface area (Å²) < 4.78 is 1.82. The second kappa shape index (κ2) is 5.20. The van der Waals surface area contributed by atoms with Gasteiger partial charge in [-0.05, 0) is 0 Å². The number of hydrogen-bond donors (Lipinski definition) is 1. The summed E-state index contributed by atoms with van der Waals surface area (Å²) in [5, 5.41) is 8.75. The smallest absolute Gasteiger partial charge is 0.0981 e. The number of aromatic nitrogens is 3. The average molecular weight is 264 g/mol. The van der Waals surface area contributed by atoms with Gasteiger partial charge in [-0.3, -0.25) is 4.68 Å². The normalized spacial score (nSPS) is 12.0. The van der Waals surface area contributed by atoms with Crippen LogP contribution in [0.4, 0.5) is 0 Å². The molecule has 2 aromatic rings. The Morgan fingerprint density at radius 3 is 2.61 bits per heavy atom. The Kier molecular flexibility index (Phi) is 3.82. The van der Waals surface area contributed by atoms with E-state index in [0.29, 0.717) is 0 Å². The molecule has 0 saturated heterocycles. The van der Waals surface area contributed by atoms with Crippen LogP contribution in [0.15, 0.2) is 18.6 Å². The summed E-state index contributed by atoms with van der Waals surface area (Å²) >= 11 is 1.79. The van der Waals surface area contributed by atoms with Crippen molar-refractivity contribution in [1.82, 2.24) is 20.1 Å². The van der Waals surface area contributed by atoms with Crippen LogP contribution in [0.1, 0.15) is 36.2 Å². The van der Waals surface area contributed by atoms with Crippen molar-refractivity contribution < 1.29 is 0 Å². The lowest BCUT2D eigenvalue weighted by Gasteiger charge is -2.13. The molecule has 2 aromatic heterocycles. The number of nitrogens with zero attached hydrogens (tertiary/aromatic N) is 3. The maximum atomic E-state index is 4.48. The molecule has 0 unspecified atom stereocenters. The van der Waals surface area contributed by atoms with Crippen LogP contribution in [0.25, 0.3) is 0 Å². The third-order valence-electron chi connectivity index (χ3n) is 2.58. The highest BCUT2D eigenvalue weighted by Gasteiger charge is 2.17. The van der Waals surface area contributed by atoms with Crippen LogP contribution in [-0.4, -0.2) is 14.8 Å². The largest absolute Gasteiger partial charge is 0.308 e. The first kappa shape index (κ1) is 13.2. The Morgan fingerprint density at radius 1 is 1.28 bits per heavy atom. The predicted octanol–water partition coefficient (Wildman–Crippen LogP) is 2.46. The van der Waals surface area contributed by atoms with E-state index >= 15 is 0 Å². The number of aryl methyl sites for hydroxylation is 1. The SMILES string of the molecule is Cn1cc(CNCc2cnc(C(C)(C)C)s2)cn1. The summed E-state index contributed by atoms with van der Waals surface area (Å²) in [6.07, 6.45) is 5.89. The molecule has 0 aromatic carbocycles. The van der Waals surface area contributed by atoms with E-state index in [1.165, 1.54) is 15.4 Å². The van der Waals surface area contributed by atoms with Gasteiger partial charge in [0.15, 0.2) is 0 Å². The van der Waals surface area contributed by atoms with E-state index in [2.05, 4.69) is 36.2 Å². The van der Waals surface area contributed by atoms with Gasteiger partial charge in [-0.1, -0.05) is 20.8 Å². The standard InChI is InChI=1S/C13H20N4S/c1-13(2,3)12-15-8-11(18-12)7-14-5-10-6-16-17(4)9-10/h6,8-9,14H,5,7H2,1-4H3. The Bertz CT molecular complexity index is 507. The Hall–Kier alpha value is -1.20. The van der Waals surface area contributed by atoms with Crippen molar-refractivity contribution in [2.24, 2.45) is 7.05 Å². The molecule has 0 atom stereocenters. The lowest BCUT2D eigenvalue weighted by atomic mass is 9.98. The van der Waals surface area contributed by atoms with E-state index in [9.17, 15) is 0 Å². The highest BCUT2D eigenvalue weighted by molar-refractivity contribution is 7.11. The van der Waals surface area contributed by atoms with Gasteiger partial charge in [0.1, 0.15) is 0 Å². The fourth-order valence-electron chi connectivity index (χ4n) is 1.63. The van der Waals surface area contributed by atoms with Crippen molar-refractivity contribution in [3.8, 4) is 0 Å². The first-order chi connectivity index (χ1) is 8.45. The van der Waals surface area contributed by atoms with Crippen LogP contribution in [0.5, 0.6) is 0 Å². The van der Waals surface area contributed by atoms with Crippen molar-refractivity contribution in [2.45, 2.75) is 39.3 Å². The monoisotopic (exact) mass is 264 g/mol. The van der Waals surface area contributed by atoms with Gasteiger partial charge in [0, 0.05) is 48.4 Å². The van der Waals surface area contributed by atoms with E-state index in [4.69, 9.17) is 0 Å². The minimum absolute atomic E-state index is 0.145. The van der Waals surface area contributed by atoms with Crippen LogP contribution in [-0.2, 0) is 25.6 Å². The van der Waals surface area contributed by atoms with Gasteiger partial charge in [-0.2, -0.15) is 5.10 Å². The maximum Gasteiger partial charge on any atom is 0.0981 e. The van der Waals surface area contributed by atoms with Crippen LogP contribution < -0.4 is 5.32 Å². The van der Waals surface area contributed by atoms with Crippen molar-refractivity contribution in [2.75, 3.05) is 0 Å². The Morgan fingerprint density at radius 2 is 2.06 bits per heavy atom. The minimum Gasteiger partial charge on any atom is -0.308 e. The number of hydrogen-bond acceptors (Lipinski definition) is 4. The molecule has 0 spiro atoms. The zero-order valence-electron chi connectivity index (χ0n) is 11.4. The first-order valence-electron chi connectivity index (χ1n) is 6.08. The number of thiazole rings is 1. The zero-order valence-corrected chi connectivity index (χ0v) is 12.2. The molecule has 0 aliphatic heterocycles. The predicted molar refractivity (Wildman–Crippen MR) is 74.6 cm³/mol. The van der Waals surface area contributed by atoms with Crippen LogP contribution in [0.2, 0.25) is 0 Å². The highest BCUT2D eigenvalue weighted by atomic mass is 32.1. The number of nitrogens with one attached hydrogen (secondary N) is 1. The first-order valence-corrected chi connectivity index (χ1v) is 6.90. The topological polar surface area (TPSA) is 42.7 Å². The van der Waals surface area contributed by atoms with Crippen molar-refractivity contribution in [3.05, 3.63) is 34.0 Å². The van der Waals surface area contributed by atoms with Gasteiger partial charge >= 0.3 is 0 Å². The van der Waals surface area contributed by atoms with Crippen LogP contribution in [0, 0.1) is 0 Å². The quantitative estimate of drug-likeness (QED) is 0.922. The fourth-order valence-corrected chi connectivity index (χ4v) is 2.57. The molecular weight excluding hydrogens is 244 g/mol. The zero-order chi connectivity index (χ0) is 13.2. The molecule has 2 rings (SSSR count). The van der Waals surface area contributed by atoms with Gasteiger partial charge in [-0.25, -0.2) is 4.98 Å². The second-order valence-corrected chi connectivity index (χ2v) is 6.62. The van der Waals surface area contributed by atoms with Gasteiger partial charge in [0.05, 0.1) is 11.2 Å². The maximum absolute atomic E-state index is 4.48. The van der Waals surface area contributed by atoms with Gasteiger partial charge in [0.2, 0.25) is 0 Å². The van der Waals surface area contributed by atoms with Crippen LogP contribution >= 0.6 is 11.3 Å². The molecule has 1 N–H and O–H groups in total. The Labute approximate surface area is 112 Å². The summed E-state index contributed by atoms with van der Waals surface area (Å²) in [4.78, 5) is 5.76. The highest BCUT2D eigenvalue weighted by Crippen LogP contribution is 2.26. The minimum atomic E-state index is 0.145. The van der Waals surface area contributed by atoms with E-state index in [-0.39, 0.29) is 5.41 Å². The summed E-state index contributed by atoms with van der Waals surface area (Å²) in [5.74, 6) is 0. The summed E-state index contributed by atoms with van der Waals surface area (Å²) in [5.41, 5.74) is 1.35. The lowest BCUT2D eigenvalue weighted by Crippen LogP contribution is -2.11.